The average molecular weight is 297 g/mol. The van der Waals surface area contributed by atoms with Crippen molar-refractivity contribution in [3.8, 4) is 5.75 Å². The number of nitrogens with one attached hydrogen (secondary N) is 2. The number of rotatable bonds is 5. The number of hydrogen-bond donors (Lipinski definition) is 2. The molecule has 1 aromatic carbocycles. The Morgan fingerprint density at radius 2 is 2.33 bits per heavy atom. The van der Waals surface area contributed by atoms with Crippen molar-refractivity contribution in [3.63, 3.8) is 0 Å². The zero-order chi connectivity index (χ0) is 15.5. The number of nitro benzene ring substituents is 1. The van der Waals surface area contributed by atoms with Crippen molar-refractivity contribution in [2.45, 2.75) is 19.8 Å². The van der Waals surface area contributed by atoms with Gasteiger partial charge < -0.3 is 15.4 Å². The molecule has 6 nitrogen and oxygen atoms in total. The van der Waals surface area contributed by atoms with Gasteiger partial charge in [-0.3, -0.25) is 10.1 Å². The maximum Gasteiger partial charge on any atom is 0.313 e. The summed E-state index contributed by atoms with van der Waals surface area (Å²) in [5, 5.41) is 17.2. The van der Waals surface area contributed by atoms with E-state index >= 15 is 0 Å². The predicted molar refractivity (Wildman–Crippen MR) is 78.3 cm³/mol. The lowest BCUT2D eigenvalue weighted by Crippen LogP contribution is -2.42. The number of halogens is 1. The van der Waals surface area contributed by atoms with Crippen molar-refractivity contribution in [3.05, 3.63) is 28.1 Å². The average Bonchev–Trinajstić information content (AvgIpc) is 2.46. The van der Waals surface area contributed by atoms with E-state index in [4.69, 9.17) is 4.74 Å². The van der Waals surface area contributed by atoms with Crippen molar-refractivity contribution < 1.29 is 14.1 Å². The number of methoxy groups -OCH3 is 1. The van der Waals surface area contributed by atoms with E-state index in [1.54, 1.807) is 0 Å². The fraction of sp³-hybridized carbons (Fsp3) is 0.571. The molecule has 0 radical (unpaired) electrons. The molecule has 1 aromatic rings. The van der Waals surface area contributed by atoms with Gasteiger partial charge >= 0.3 is 5.69 Å². The lowest BCUT2D eigenvalue weighted by molar-refractivity contribution is -0.385. The van der Waals surface area contributed by atoms with E-state index in [9.17, 15) is 14.5 Å². The van der Waals surface area contributed by atoms with Crippen molar-refractivity contribution in [1.29, 1.82) is 0 Å². The first-order valence-corrected chi connectivity index (χ1v) is 6.92. The minimum Gasteiger partial charge on any atom is -0.490 e. The molecule has 0 spiro atoms. The van der Waals surface area contributed by atoms with Crippen LogP contribution in [0.1, 0.15) is 19.8 Å². The van der Waals surface area contributed by atoms with Crippen LogP contribution in [0, 0.1) is 21.3 Å². The van der Waals surface area contributed by atoms with Gasteiger partial charge in [-0.2, -0.15) is 0 Å². The second-order valence-corrected chi connectivity index (χ2v) is 5.71. The summed E-state index contributed by atoms with van der Waals surface area (Å²) in [6.45, 7) is 4.60. The normalized spacial score (nSPS) is 21.9. The molecular weight excluding hydrogens is 277 g/mol. The number of hydrogen-bond acceptors (Lipinski definition) is 5. The first kappa shape index (κ1) is 15.5. The second-order valence-electron chi connectivity index (χ2n) is 5.71. The molecule has 0 saturated carbocycles. The molecule has 21 heavy (non-hydrogen) atoms. The Labute approximate surface area is 122 Å². The van der Waals surface area contributed by atoms with Crippen LogP contribution in [-0.4, -0.2) is 31.7 Å². The SMILES string of the molecule is COc1cc(NCC2(C)CCCNC2)c(F)cc1[N+](=O)[O-]. The highest BCUT2D eigenvalue weighted by Crippen LogP contribution is 2.33. The molecule has 1 aliphatic heterocycles. The maximum atomic E-state index is 14.0. The lowest BCUT2D eigenvalue weighted by atomic mass is 9.83. The highest BCUT2D eigenvalue weighted by atomic mass is 19.1. The van der Waals surface area contributed by atoms with Crippen LogP contribution < -0.4 is 15.4 Å². The first-order valence-electron chi connectivity index (χ1n) is 6.92. The molecule has 1 atom stereocenters. The molecule has 0 amide bonds. The summed E-state index contributed by atoms with van der Waals surface area (Å²) in [4.78, 5) is 10.2. The third-order valence-electron chi connectivity index (χ3n) is 3.86. The second kappa shape index (κ2) is 6.26. The Morgan fingerprint density at radius 3 is 2.90 bits per heavy atom. The largest absolute Gasteiger partial charge is 0.490 e. The fourth-order valence-electron chi connectivity index (χ4n) is 2.56. The van der Waals surface area contributed by atoms with Crippen molar-refractivity contribution in [1.82, 2.24) is 5.32 Å². The van der Waals surface area contributed by atoms with Crippen molar-refractivity contribution in [2.75, 3.05) is 32.1 Å². The molecule has 2 rings (SSSR count). The van der Waals surface area contributed by atoms with E-state index in [1.807, 2.05) is 0 Å². The number of benzene rings is 1. The van der Waals surface area contributed by atoms with Gasteiger partial charge in [0.05, 0.1) is 23.8 Å². The van der Waals surface area contributed by atoms with Gasteiger partial charge in [-0.1, -0.05) is 6.92 Å². The third kappa shape index (κ3) is 3.60. The van der Waals surface area contributed by atoms with E-state index in [0.29, 0.717) is 6.54 Å². The van der Waals surface area contributed by atoms with Gasteiger partial charge in [-0.05, 0) is 24.8 Å². The summed E-state index contributed by atoms with van der Waals surface area (Å²) in [7, 11) is 1.33. The molecule has 1 fully saturated rings. The molecule has 0 bridgehead atoms. The van der Waals surface area contributed by atoms with Gasteiger partial charge in [0, 0.05) is 19.2 Å². The number of nitro groups is 1. The van der Waals surface area contributed by atoms with E-state index in [2.05, 4.69) is 17.6 Å². The molecule has 1 heterocycles. The zero-order valence-corrected chi connectivity index (χ0v) is 12.2. The Balaban J connectivity index is 2.14. The molecule has 1 unspecified atom stereocenters. The maximum absolute atomic E-state index is 14.0. The predicted octanol–water partition coefficient (Wildman–Crippen LogP) is 2.54. The van der Waals surface area contributed by atoms with Crippen molar-refractivity contribution in [2.24, 2.45) is 5.41 Å². The van der Waals surface area contributed by atoms with Crippen LogP contribution >= 0.6 is 0 Å². The summed E-state index contributed by atoms with van der Waals surface area (Å²) >= 11 is 0. The van der Waals surface area contributed by atoms with Crippen LogP contribution in [0.15, 0.2) is 12.1 Å². The highest BCUT2D eigenvalue weighted by Gasteiger charge is 2.27. The number of nitrogens with zero attached hydrogens (tertiary/aromatic N) is 1. The number of ether oxygens (including phenoxy) is 1. The third-order valence-corrected chi connectivity index (χ3v) is 3.86. The molecular formula is C14H20FN3O3. The monoisotopic (exact) mass is 297 g/mol. The summed E-state index contributed by atoms with van der Waals surface area (Å²) in [6, 6.07) is 2.23. The van der Waals surface area contributed by atoms with Crippen LogP contribution in [0.4, 0.5) is 15.8 Å². The topological polar surface area (TPSA) is 76.4 Å². The van der Waals surface area contributed by atoms with Crippen LogP contribution in [0.2, 0.25) is 0 Å². The smallest absolute Gasteiger partial charge is 0.313 e. The number of piperidine rings is 1. The van der Waals surface area contributed by atoms with Crippen LogP contribution in [0.3, 0.4) is 0 Å². The minimum atomic E-state index is -0.655. The molecule has 1 aliphatic rings. The van der Waals surface area contributed by atoms with Gasteiger partial charge in [-0.15, -0.1) is 0 Å². The fourth-order valence-corrected chi connectivity index (χ4v) is 2.56. The van der Waals surface area contributed by atoms with Crippen LogP contribution in [0.25, 0.3) is 0 Å². The molecule has 2 N–H and O–H groups in total. The molecule has 7 heteroatoms. The Hall–Kier alpha value is -1.89. The molecule has 1 saturated heterocycles. The highest BCUT2D eigenvalue weighted by molar-refractivity contribution is 5.59. The van der Waals surface area contributed by atoms with Gasteiger partial charge in [0.1, 0.15) is 0 Å². The summed E-state index contributed by atoms with van der Waals surface area (Å²) in [6.07, 6.45) is 2.14. The van der Waals surface area contributed by atoms with Gasteiger partial charge in [0.2, 0.25) is 0 Å². The van der Waals surface area contributed by atoms with E-state index in [-0.39, 0.29) is 22.5 Å². The van der Waals surface area contributed by atoms with E-state index in [0.717, 1.165) is 32.0 Å². The Morgan fingerprint density at radius 1 is 1.57 bits per heavy atom. The van der Waals surface area contributed by atoms with Crippen LogP contribution in [0.5, 0.6) is 5.75 Å². The summed E-state index contributed by atoms with van der Waals surface area (Å²) in [5.41, 5.74) is -0.102. The quantitative estimate of drug-likeness (QED) is 0.645. The van der Waals surface area contributed by atoms with Crippen LogP contribution in [-0.2, 0) is 0 Å². The summed E-state index contributed by atoms with van der Waals surface area (Å²) < 4.78 is 18.9. The Bertz CT molecular complexity index is 530. The van der Waals surface area contributed by atoms with Gasteiger partial charge in [0.25, 0.3) is 0 Å². The first-order chi connectivity index (χ1) is 9.95. The number of anilines is 1. The molecule has 0 aromatic heterocycles. The lowest BCUT2D eigenvalue weighted by Gasteiger charge is -2.34. The Kier molecular flexibility index (Phi) is 4.62. The molecule has 0 aliphatic carbocycles. The standard InChI is InChI=1S/C14H20FN3O3/c1-14(4-3-5-16-8-14)9-17-11-7-13(21-2)12(18(19)20)6-10(11)15/h6-7,16-17H,3-5,8-9H2,1-2H3. The summed E-state index contributed by atoms with van der Waals surface area (Å²) in [5.74, 6) is -0.592. The van der Waals surface area contributed by atoms with Gasteiger partial charge in [-0.25, -0.2) is 4.39 Å². The van der Waals surface area contributed by atoms with Crippen molar-refractivity contribution >= 4 is 11.4 Å². The van der Waals surface area contributed by atoms with E-state index < -0.39 is 10.7 Å². The molecule has 116 valence electrons. The minimum absolute atomic E-state index is 0.0414. The zero-order valence-electron chi connectivity index (χ0n) is 12.2. The van der Waals surface area contributed by atoms with E-state index in [1.165, 1.54) is 13.2 Å². The van der Waals surface area contributed by atoms with Gasteiger partial charge in [0.15, 0.2) is 11.6 Å².